The minimum Gasteiger partial charge on any atom is -0.461 e. The number of aromatic nitrogens is 1. The summed E-state index contributed by atoms with van der Waals surface area (Å²) in [4.78, 5) is 17.7. The first-order valence-corrected chi connectivity index (χ1v) is 17.1. The number of aryl methyl sites for hydroxylation is 1. The molecule has 42 heavy (non-hydrogen) atoms. The van der Waals surface area contributed by atoms with Crippen LogP contribution >= 0.6 is 11.3 Å². The Morgan fingerprint density at radius 2 is 1.98 bits per heavy atom. The fraction of sp³-hybridized carbons (Fsp3) is 0.714. The molecule has 4 fully saturated rings. The number of fused-ring (bicyclic) bond motifs is 1. The maximum absolute atomic E-state index is 12.9. The number of hydrogen-bond acceptors (Lipinski definition) is 7. The Kier molecular flexibility index (Phi) is 9.54. The lowest BCUT2D eigenvalue weighted by Gasteiger charge is -2.44. The van der Waals surface area contributed by atoms with Crippen molar-refractivity contribution in [2.75, 3.05) is 6.61 Å². The van der Waals surface area contributed by atoms with E-state index in [1.165, 1.54) is 31.3 Å². The number of hydrogen-bond donors (Lipinski definition) is 3. The third-order valence-corrected chi connectivity index (χ3v) is 12.4. The van der Waals surface area contributed by atoms with E-state index in [0.29, 0.717) is 30.6 Å². The molecule has 7 heteroatoms. The minimum atomic E-state index is -0.656. The summed E-state index contributed by atoms with van der Waals surface area (Å²) in [5, 5.41) is 33.2. The lowest BCUT2D eigenvalue weighted by molar-refractivity contribution is -0.157. The van der Waals surface area contributed by atoms with Gasteiger partial charge in [0.15, 0.2) is 0 Å². The van der Waals surface area contributed by atoms with Crippen LogP contribution in [0.15, 0.2) is 40.8 Å². The molecule has 0 aliphatic heterocycles. The molecule has 4 aliphatic carbocycles. The molecule has 0 saturated heterocycles. The Morgan fingerprint density at radius 1 is 1.21 bits per heavy atom. The van der Waals surface area contributed by atoms with Gasteiger partial charge >= 0.3 is 5.97 Å². The molecule has 0 bridgehead atoms. The van der Waals surface area contributed by atoms with Crippen LogP contribution in [0, 0.1) is 36.0 Å². The zero-order valence-corrected chi connectivity index (χ0v) is 26.8. The van der Waals surface area contributed by atoms with Crippen molar-refractivity contribution in [3.8, 4) is 0 Å². The van der Waals surface area contributed by atoms with Crippen LogP contribution in [-0.4, -0.2) is 51.2 Å². The topological polar surface area (TPSA) is 99.9 Å². The van der Waals surface area contributed by atoms with E-state index in [9.17, 15) is 20.1 Å². The zero-order valence-electron chi connectivity index (χ0n) is 26.0. The van der Waals surface area contributed by atoms with Gasteiger partial charge in [-0.2, -0.15) is 0 Å². The second-order valence-corrected chi connectivity index (χ2v) is 15.0. The monoisotopic (exact) mass is 597 g/mol. The van der Waals surface area contributed by atoms with Crippen molar-refractivity contribution >= 4 is 17.3 Å². The van der Waals surface area contributed by atoms with Gasteiger partial charge in [0.1, 0.15) is 11.1 Å². The van der Waals surface area contributed by atoms with Crippen molar-refractivity contribution < 1.29 is 24.9 Å². The van der Waals surface area contributed by atoms with Crippen LogP contribution in [0.3, 0.4) is 0 Å². The smallest absolute Gasteiger partial charge is 0.311 e. The largest absolute Gasteiger partial charge is 0.461 e. The SMILES string of the molecule is C=C1C(=CC=C2CCC[C@]3(C)[C@@H]([C@H](C)CC[C@@H](OC(=O)C(C)CO)C4(c5nc(C)cs5)CC4)CC[C@@H]23)C[C@@H](O)C[C@@H]1O. The standard InChI is InChI=1S/C35H51NO5S/c1-21(8-13-31(41-32(40)22(2)19-37)35(15-16-35)33-36-23(3)20-42-33)28-11-12-29-25(7-6-14-34(28,29)5)9-10-26-17-27(38)18-30(39)24(26)4/h9-10,20-22,27-31,37-39H,4,6-8,11-19H2,1-3,5H3/t21-,22?,27-,28-,29+,30+,31-,34-/m1/s1. The zero-order chi connectivity index (χ0) is 30.2. The predicted molar refractivity (Wildman–Crippen MR) is 167 cm³/mol. The number of nitrogens with zero attached hydrogens (tertiary/aromatic N) is 1. The Labute approximate surface area is 256 Å². The van der Waals surface area contributed by atoms with Gasteiger partial charge in [-0.25, -0.2) is 4.98 Å². The van der Waals surface area contributed by atoms with Crippen molar-refractivity contribution in [2.24, 2.45) is 29.1 Å². The van der Waals surface area contributed by atoms with Gasteiger partial charge in [-0.3, -0.25) is 4.79 Å². The van der Waals surface area contributed by atoms with Gasteiger partial charge in [-0.05, 0) is 112 Å². The molecule has 1 unspecified atom stereocenters. The molecule has 8 atom stereocenters. The molecular weight excluding hydrogens is 546 g/mol. The van der Waals surface area contributed by atoms with Crippen molar-refractivity contribution in [3.63, 3.8) is 0 Å². The molecule has 4 aliphatic rings. The van der Waals surface area contributed by atoms with Gasteiger partial charge < -0.3 is 20.1 Å². The molecule has 232 valence electrons. The Morgan fingerprint density at radius 3 is 2.64 bits per heavy atom. The average molecular weight is 598 g/mol. The summed E-state index contributed by atoms with van der Waals surface area (Å²) in [5.41, 5.74) is 4.32. The van der Waals surface area contributed by atoms with Gasteiger partial charge in [0.2, 0.25) is 0 Å². The number of thiazole rings is 1. The van der Waals surface area contributed by atoms with Crippen LogP contribution in [0.25, 0.3) is 0 Å². The summed E-state index contributed by atoms with van der Waals surface area (Å²) < 4.78 is 6.18. The van der Waals surface area contributed by atoms with E-state index in [1.807, 2.05) is 6.92 Å². The summed E-state index contributed by atoms with van der Waals surface area (Å²) in [6, 6.07) is 0. The molecule has 3 N–H and O–H groups in total. The second kappa shape index (κ2) is 12.7. The quantitative estimate of drug-likeness (QED) is 0.264. The third kappa shape index (κ3) is 6.22. The molecule has 6 nitrogen and oxygen atoms in total. The van der Waals surface area contributed by atoms with Crippen molar-refractivity contribution in [2.45, 2.75) is 122 Å². The number of carbonyl (C=O) groups excluding carboxylic acids is 1. The van der Waals surface area contributed by atoms with E-state index in [2.05, 4.69) is 38.0 Å². The van der Waals surface area contributed by atoms with Crippen LogP contribution in [0.4, 0.5) is 0 Å². The second-order valence-electron chi connectivity index (χ2n) is 14.2. The molecule has 0 spiro atoms. The molecule has 1 aromatic heterocycles. The highest BCUT2D eigenvalue weighted by molar-refractivity contribution is 7.09. The lowest BCUT2D eigenvalue weighted by atomic mass is 9.60. The maximum Gasteiger partial charge on any atom is 0.311 e. The van der Waals surface area contributed by atoms with Gasteiger partial charge in [0.25, 0.3) is 0 Å². The first-order valence-electron chi connectivity index (χ1n) is 16.2. The van der Waals surface area contributed by atoms with Crippen LogP contribution in [0.1, 0.15) is 102 Å². The third-order valence-electron chi connectivity index (χ3n) is 11.3. The molecule has 4 saturated carbocycles. The highest BCUT2D eigenvalue weighted by atomic mass is 32.1. The van der Waals surface area contributed by atoms with Gasteiger partial charge in [-0.15, -0.1) is 11.3 Å². The van der Waals surface area contributed by atoms with E-state index >= 15 is 0 Å². The van der Waals surface area contributed by atoms with Crippen LogP contribution in [-0.2, 0) is 14.9 Å². The molecule has 1 aromatic rings. The average Bonchev–Trinajstić information content (AvgIpc) is 3.51. The number of ether oxygens (including phenoxy) is 1. The van der Waals surface area contributed by atoms with Crippen LogP contribution < -0.4 is 0 Å². The fourth-order valence-electron chi connectivity index (χ4n) is 8.46. The normalized spacial score (nSPS) is 34.7. The summed E-state index contributed by atoms with van der Waals surface area (Å²) in [6.45, 7) is 12.5. The van der Waals surface area contributed by atoms with E-state index in [-0.39, 0.29) is 29.5 Å². The summed E-state index contributed by atoms with van der Waals surface area (Å²) >= 11 is 1.68. The maximum atomic E-state index is 12.9. The predicted octanol–water partition coefficient (Wildman–Crippen LogP) is 6.58. The highest BCUT2D eigenvalue weighted by Gasteiger charge is 2.56. The number of carbonyl (C=O) groups is 1. The van der Waals surface area contributed by atoms with E-state index in [0.717, 1.165) is 54.0 Å². The van der Waals surface area contributed by atoms with Crippen molar-refractivity contribution in [1.29, 1.82) is 0 Å². The van der Waals surface area contributed by atoms with Crippen LogP contribution in [0.5, 0.6) is 0 Å². The number of allylic oxidation sites excluding steroid dienone is 3. The summed E-state index contributed by atoms with van der Waals surface area (Å²) in [7, 11) is 0. The van der Waals surface area contributed by atoms with Gasteiger partial charge in [0, 0.05) is 17.5 Å². The number of rotatable bonds is 10. The first-order chi connectivity index (χ1) is 20.0. The number of aliphatic hydroxyl groups excluding tert-OH is 3. The summed E-state index contributed by atoms with van der Waals surface area (Å²) in [6.07, 6.45) is 13.7. The summed E-state index contributed by atoms with van der Waals surface area (Å²) in [5.74, 6) is 0.838. The Hall–Kier alpha value is -1.80. The molecule has 1 heterocycles. The van der Waals surface area contributed by atoms with E-state index in [4.69, 9.17) is 9.72 Å². The number of aliphatic hydroxyl groups is 3. The number of esters is 1. The molecule has 0 radical (unpaired) electrons. The minimum absolute atomic E-state index is 0.176. The van der Waals surface area contributed by atoms with Gasteiger partial charge in [0.05, 0.1) is 30.1 Å². The first kappa shape index (κ1) is 31.6. The Bertz CT molecular complexity index is 1210. The van der Waals surface area contributed by atoms with Crippen LogP contribution in [0.2, 0.25) is 0 Å². The Balaban J connectivity index is 1.29. The van der Waals surface area contributed by atoms with E-state index < -0.39 is 18.1 Å². The molecule has 5 rings (SSSR count). The van der Waals surface area contributed by atoms with Crippen molar-refractivity contribution in [3.05, 3.63) is 51.5 Å². The van der Waals surface area contributed by atoms with Gasteiger partial charge in [-0.1, -0.05) is 38.2 Å². The fourth-order valence-corrected chi connectivity index (χ4v) is 9.57. The van der Waals surface area contributed by atoms with Crippen molar-refractivity contribution in [1.82, 2.24) is 4.98 Å². The molecular formula is C35H51NO5S. The molecule has 0 amide bonds. The lowest BCUT2D eigenvalue weighted by Crippen LogP contribution is -2.37. The van der Waals surface area contributed by atoms with E-state index in [1.54, 1.807) is 18.3 Å². The molecule has 0 aromatic carbocycles. The highest BCUT2D eigenvalue weighted by Crippen LogP contribution is 2.60.